The van der Waals surface area contributed by atoms with Gasteiger partial charge in [-0.05, 0) is 23.8 Å². The zero-order chi connectivity index (χ0) is 15.3. The molecule has 0 heterocycles. The fraction of sp³-hybridized carbons (Fsp3) is 0.0714. The molecule has 110 valence electrons. The van der Waals surface area contributed by atoms with Crippen molar-refractivity contribution in [1.82, 2.24) is 0 Å². The molecule has 0 radical (unpaired) electrons. The van der Waals surface area contributed by atoms with Gasteiger partial charge in [0.2, 0.25) is 0 Å². The number of hydrogen-bond acceptors (Lipinski definition) is 4. The van der Waals surface area contributed by atoms with Crippen LogP contribution in [-0.2, 0) is 11.2 Å². The van der Waals surface area contributed by atoms with Crippen LogP contribution in [0.4, 0.5) is 0 Å². The van der Waals surface area contributed by atoms with Gasteiger partial charge in [-0.15, -0.1) is 0 Å². The van der Waals surface area contributed by atoms with E-state index in [1.165, 1.54) is 18.2 Å². The highest BCUT2D eigenvalue weighted by atomic mass is 31.2. The van der Waals surface area contributed by atoms with E-state index >= 15 is 0 Å². The highest BCUT2D eigenvalue weighted by Gasteiger charge is 2.19. The third-order valence-electron chi connectivity index (χ3n) is 2.56. The summed E-state index contributed by atoms with van der Waals surface area (Å²) >= 11 is 0. The van der Waals surface area contributed by atoms with Crippen molar-refractivity contribution >= 4 is 14.1 Å². The molecule has 0 atom stereocenters. The molecule has 0 bridgehead atoms. The lowest BCUT2D eigenvalue weighted by Crippen LogP contribution is -1.99. The summed E-state index contributed by atoms with van der Waals surface area (Å²) in [6, 6.07) is 13.2. The molecule has 0 saturated carbocycles. The summed E-state index contributed by atoms with van der Waals surface area (Å²) in [5.41, 5.74) is 1.19. The minimum Gasteiger partial charge on any atom is -0.485 e. The summed E-state index contributed by atoms with van der Waals surface area (Å²) in [5.74, 6) is -0.0309. The maximum Gasteiger partial charge on any atom is 0.524 e. The average molecular weight is 308 g/mol. The Morgan fingerprint density at radius 2 is 1.76 bits per heavy atom. The Kier molecular flexibility index (Phi) is 4.75. The Balaban J connectivity index is 2.22. The molecule has 2 N–H and O–H groups in total. The van der Waals surface area contributed by atoms with Crippen molar-refractivity contribution in [2.75, 3.05) is 0 Å². The molecule has 7 heteroatoms. The van der Waals surface area contributed by atoms with Crippen LogP contribution >= 0.6 is 7.82 Å². The number of carbonyl (C=O) groups excluding carboxylic acids is 1. The van der Waals surface area contributed by atoms with Gasteiger partial charge in [0.1, 0.15) is 12.9 Å². The lowest BCUT2D eigenvalue weighted by molar-refractivity contribution is 0.112. The van der Waals surface area contributed by atoms with Gasteiger partial charge >= 0.3 is 7.82 Å². The van der Waals surface area contributed by atoms with Crippen molar-refractivity contribution in [3.05, 3.63) is 59.7 Å². The smallest absolute Gasteiger partial charge is 0.485 e. The first kappa shape index (κ1) is 15.3. The van der Waals surface area contributed by atoms with Crippen molar-refractivity contribution < 1.29 is 28.4 Å². The minimum absolute atomic E-state index is 0.0896. The van der Waals surface area contributed by atoms with E-state index in [2.05, 4.69) is 4.52 Å². The van der Waals surface area contributed by atoms with E-state index in [0.29, 0.717) is 11.8 Å². The minimum atomic E-state index is -4.70. The van der Waals surface area contributed by atoms with Crippen molar-refractivity contribution in [3.8, 4) is 11.5 Å². The second-order valence-electron chi connectivity index (χ2n) is 4.18. The summed E-state index contributed by atoms with van der Waals surface area (Å²) in [5, 5.41) is 0. The number of phosphoric acid groups is 1. The number of phosphoric ester groups is 1. The molecule has 0 spiro atoms. The highest BCUT2D eigenvalue weighted by Crippen LogP contribution is 2.42. The van der Waals surface area contributed by atoms with Gasteiger partial charge in [-0.3, -0.25) is 14.6 Å². The third-order valence-corrected chi connectivity index (χ3v) is 2.99. The molecule has 0 fully saturated rings. The normalized spacial score (nSPS) is 11.0. The van der Waals surface area contributed by atoms with Crippen LogP contribution in [0.5, 0.6) is 11.5 Å². The number of carbonyl (C=O) groups is 1. The SMILES string of the molecule is O=Cc1ccc(OP(=O)(O)O)c(OCc2ccccc2)c1. The van der Waals surface area contributed by atoms with Gasteiger partial charge in [-0.2, -0.15) is 0 Å². The summed E-state index contributed by atoms with van der Waals surface area (Å²) < 4.78 is 21.0. The fourth-order valence-corrected chi connectivity index (χ4v) is 2.06. The molecule has 0 aliphatic carbocycles. The first-order chi connectivity index (χ1) is 9.98. The van der Waals surface area contributed by atoms with E-state index in [9.17, 15) is 9.36 Å². The van der Waals surface area contributed by atoms with Gasteiger partial charge in [0.15, 0.2) is 11.5 Å². The van der Waals surface area contributed by atoms with Gasteiger partial charge in [0.05, 0.1) is 0 Å². The van der Waals surface area contributed by atoms with E-state index in [1.54, 1.807) is 0 Å². The molecule has 0 aliphatic heterocycles. The molecule has 0 saturated heterocycles. The molecule has 0 amide bonds. The van der Waals surface area contributed by atoms with E-state index in [1.807, 2.05) is 30.3 Å². The second-order valence-corrected chi connectivity index (χ2v) is 5.34. The molecule has 0 aromatic heterocycles. The molecule has 2 aromatic carbocycles. The predicted octanol–water partition coefficient (Wildman–Crippen LogP) is 2.55. The largest absolute Gasteiger partial charge is 0.524 e. The van der Waals surface area contributed by atoms with Crippen molar-refractivity contribution in [2.24, 2.45) is 0 Å². The van der Waals surface area contributed by atoms with Crippen LogP contribution in [0.3, 0.4) is 0 Å². The zero-order valence-corrected chi connectivity index (χ0v) is 11.8. The molecule has 0 aliphatic rings. The lowest BCUT2D eigenvalue weighted by Gasteiger charge is -2.13. The number of rotatable bonds is 6. The van der Waals surface area contributed by atoms with Gasteiger partial charge in [0, 0.05) is 5.56 Å². The van der Waals surface area contributed by atoms with Crippen LogP contribution in [0.1, 0.15) is 15.9 Å². The lowest BCUT2D eigenvalue weighted by atomic mass is 10.2. The van der Waals surface area contributed by atoms with Crippen LogP contribution < -0.4 is 9.26 Å². The average Bonchev–Trinajstić information content (AvgIpc) is 2.46. The third kappa shape index (κ3) is 4.72. The second kappa shape index (κ2) is 6.54. The van der Waals surface area contributed by atoms with Gasteiger partial charge in [-0.25, -0.2) is 4.57 Å². The number of ether oxygens (including phenoxy) is 1. The maximum atomic E-state index is 10.9. The Hall–Kier alpha value is -2.14. The van der Waals surface area contributed by atoms with Crippen LogP contribution in [-0.4, -0.2) is 16.1 Å². The number of hydrogen-bond donors (Lipinski definition) is 2. The zero-order valence-electron chi connectivity index (χ0n) is 10.9. The van der Waals surface area contributed by atoms with Crippen molar-refractivity contribution in [1.29, 1.82) is 0 Å². The summed E-state index contributed by atoms with van der Waals surface area (Å²) in [4.78, 5) is 28.5. The first-order valence-corrected chi connectivity index (χ1v) is 7.52. The Morgan fingerprint density at radius 1 is 1.05 bits per heavy atom. The Bertz CT molecular complexity index is 664. The molecule has 0 unspecified atom stereocenters. The van der Waals surface area contributed by atoms with Gasteiger partial charge in [-0.1, -0.05) is 30.3 Å². The topological polar surface area (TPSA) is 93.1 Å². The van der Waals surface area contributed by atoms with E-state index in [4.69, 9.17) is 14.5 Å². The summed E-state index contributed by atoms with van der Waals surface area (Å²) in [6.07, 6.45) is 0.608. The number of benzene rings is 2. The molecule has 2 rings (SSSR count). The van der Waals surface area contributed by atoms with Gasteiger partial charge < -0.3 is 9.26 Å². The van der Waals surface area contributed by atoms with E-state index in [-0.39, 0.29) is 18.1 Å². The monoisotopic (exact) mass is 308 g/mol. The molecule has 21 heavy (non-hydrogen) atoms. The predicted molar refractivity (Wildman–Crippen MR) is 75.3 cm³/mol. The fourth-order valence-electron chi connectivity index (χ4n) is 1.65. The van der Waals surface area contributed by atoms with Crippen LogP contribution in [0.2, 0.25) is 0 Å². The van der Waals surface area contributed by atoms with Crippen molar-refractivity contribution in [3.63, 3.8) is 0 Å². The van der Waals surface area contributed by atoms with Crippen LogP contribution in [0, 0.1) is 0 Å². The molecular formula is C14H13O6P. The van der Waals surface area contributed by atoms with Crippen molar-refractivity contribution in [2.45, 2.75) is 6.61 Å². The van der Waals surface area contributed by atoms with E-state index < -0.39 is 7.82 Å². The summed E-state index contributed by atoms with van der Waals surface area (Å²) in [6.45, 7) is 0.181. The maximum absolute atomic E-state index is 10.9. The Labute approximate surface area is 121 Å². The molecule has 6 nitrogen and oxygen atoms in total. The van der Waals surface area contributed by atoms with Crippen LogP contribution in [0.15, 0.2) is 48.5 Å². The summed E-state index contributed by atoms with van der Waals surface area (Å²) in [7, 11) is -4.70. The Morgan fingerprint density at radius 3 is 2.38 bits per heavy atom. The standard InChI is InChI=1S/C14H13O6P/c15-9-12-6-7-13(20-21(16,17)18)14(8-12)19-10-11-4-2-1-3-5-11/h1-9H,10H2,(H2,16,17,18). The number of aldehydes is 1. The quantitative estimate of drug-likeness (QED) is 0.629. The first-order valence-electron chi connectivity index (χ1n) is 5.99. The molecular weight excluding hydrogens is 295 g/mol. The van der Waals surface area contributed by atoms with Crippen LogP contribution in [0.25, 0.3) is 0 Å². The van der Waals surface area contributed by atoms with E-state index in [0.717, 1.165) is 5.56 Å². The highest BCUT2D eigenvalue weighted by molar-refractivity contribution is 7.46. The van der Waals surface area contributed by atoms with Gasteiger partial charge in [0.25, 0.3) is 0 Å². The molecule has 2 aromatic rings.